The molecule has 12 nitrogen and oxygen atoms in total. The number of aromatic hydroxyl groups is 2. The predicted octanol–water partition coefficient (Wildman–Crippen LogP) is 9.34. The minimum absolute atomic E-state index is 0.0437. The standard InChI is InChI=1S/C46H48N2O10/c1-21(2)35-27-15-23(5)37(43(51)39(27)29(41(49)45(35)53)19-47-31-17-25(55-7)11-13-33(31)57-9)38-24(6)16-28-36(22(3)4)46(54)42(50)30(40(28)44(38)52)20-48-32-18-26(56-8)12-14-34(32)58-10/h11-22,47-48,51-54H,1-10H3. The number of aliphatic hydroxyl groups excluding tert-OH is 2. The number of methoxy groups -OCH3 is 4. The summed E-state index contributed by atoms with van der Waals surface area (Å²) in [6, 6.07) is 13.7. The molecule has 4 aromatic carbocycles. The number of rotatable bonds is 11. The summed E-state index contributed by atoms with van der Waals surface area (Å²) in [6.45, 7) is 10.9. The van der Waals surface area contributed by atoms with Crippen molar-refractivity contribution in [1.29, 1.82) is 0 Å². The molecule has 0 atom stereocenters. The van der Waals surface area contributed by atoms with Crippen LogP contribution in [0.5, 0.6) is 34.5 Å². The number of aryl methyl sites for hydroxylation is 2. The van der Waals surface area contributed by atoms with E-state index in [4.69, 9.17) is 18.9 Å². The Bertz CT molecular complexity index is 2330. The van der Waals surface area contributed by atoms with Crippen LogP contribution in [-0.2, 0) is 9.59 Å². The summed E-state index contributed by atoms with van der Waals surface area (Å²) in [5.41, 5.74) is 4.13. The van der Waals surface area contributed by atoms with Gasteiger partial charge < -0.3 is 50.0 Å². The molecule has 58 heavy (non-hydrogen) atoms. The zero-order valence-electron chi connectivity index (χ0n) is 34.2. The highest BCUT2D eigenvalue weighted by molar-refractivity contribution is 6.35. The van der Waals surface area contributed by atoms with E-state index in [0.29, 0.717) is 67.8 Å². The molecule has 0 heterocycles. The number of hydrogen-bond donors (Lipinski definition) is 6. The van der Waals surface area contributed by atoms with Gasteiger partial charge in [-0.3, -0.25) is 9.59 Å². The summed E-state index contributed by atoms with van der Waals surface area (Å²) >= 11 is 0. The molecule has 0 spiro atoms. The molecule has 12 heteroatoms. The number of phenolic OH excluding ortho intramolecular Hbond substituents is 2. The van der Waals surface area contributed by atoms with Crippen LogP contribution in [0.25, 0.3) is 33.4 Å². The highest BCUT2D eigenvalue weighted by atomic mass is 16.5. The highest BCUT2D eigenvalue weighted by Crippen LogP contribution is 2.54. The van der Waals surface area contributed by atoms with Gasteiger partial charge in [0.2, 0.25) is 11.6 Å². The molecule has 4 aromatic rings. The van der Waals surface area contributed by atoms with Gasteiger partial charge >= 0.3 is 0 Å². The number of benzene rings is 4. The fourth-order valence-electron chi connectivity index (χ4n) is 7.78. The Labute approximate surface area is 337 Å². The maximum atomic E-state index is 14.1. The van der Waals surface area contributed by atoms with Crippen molar-refractivity contribution in [2.45, 2.75) is 41.5 Å². The van der Waals surface area contributed by atoms with E-state index in [9.17, 15) is 30.0 Å². The summed E-state index contributed by atoms with van der Waals surface area (Å²) in [5.74, 6) is -1.69. The normalized spacial score (nSPS) is 15.3. The number of ketones is 2. The molecule has 6 N–H and O–H groups in total. The monoisotopic (exact) mass is 788 g/mol. The lowest BCUT2D eigenvalue weighted by Gasteiger charge is -2.29. The third-order valence-electron chi connectivity index (χ3n) is 10.5. The summed E-state index contributed by atoms with van der Waals surface area (Å²) in [4.78, 5) is 28.1. The fourth-order valence-corrected chi connectivity index (χ4v) is 7.78. The number of phenols is 2. The lowest BCUT2D eigenvalue weighted by atomic mass is 9.75. The number of carbonyl (C=O) groups is 2. The van der Waals surface area contributed by atoms with Gasteiger partial charge in [-0.15, -0.1) is 0 Å². The van der Waals surface area contributed by atoms with Crippen molar-refractivity contribution in [3.05, 3.63) is 106 Å². The average molecular weight is 789 g/mol. The molecule has 0 radical (unpaired) electrons. The van der Waals surface area contributed by atoms with E-state index >= 15 is 0 Å². The van der Waals surface area contributed by atoms with Crippen molar-refractivity contribution >= 4 is 45.2 Å². The molecule has 2 aliphatic rings. The van der Waals surface area contributed by atoms with Crippen LogP contribution in [0.3, 0.4) is 0 Å². The van der Waals surface area contributed by atoms with Crippen LogP contribution in [0.4, 0.5) is 11.4 Å². The number of Topliss-reactive ketones (excluding diaryl/α,β-unsaturated/α-hetero) is 2. The van der Waals surface area contributed by atoms with Crippen molar-refractivity contribution in [2.24, 2.45) is 11.8 Å². The number of fused-ring (bicyclic) bond motifs is 2. The van der Waals surface area contributed by atoms with E-state index < -0.39 is 23.1 Å². The molecule has 2 aliphatic carbocycles. The van der Waals surface area contributed by atoms with Gasteiger partial charge in [0.05, 0.1) is 51.0 Å². The number of aliphatic hydroxyl groups is 2. The van der Waals surface area contributed by atoms with Crippen LogP contribution >= 0.6 is 0 Å². The molecule has 0 fully saturated rings. The maximum absolute atomic E-state index is 14.1. The van der Waals surface area contributed by atoms with Crippen molar-refractivity contribution in [2.75, 3.05) is 39.1 Å². The Morgan fingerprint density at radius 2 is 0.897 bits per heavy atom. The second kappa shape index (κ2) is 16.0. The quantitative estimate of drug-likeness (QED) is 0.0796. The summed E-state index contributed by atoms with van der Waals surface area (Å²) in [6.07, 6.45) is 2.79. The molecule has 0 aliphatic heterocycles. The van der Waals surface area contributed by atoms with Crippen LogP contribution in [0, 0.1) is 25.7 Å². The maximum Gasteiger partial charge on any atom is 0.229 e. The van der Waals surface area contributed by atoms with Gasteiger partial charge in [0.25, 0.3) is 0 Å². The number of hydrogen-bond acceptors (Lipinski definition) is 12. The zero-order valence-corrected chi connectivity index (χ0v) is 34.2. The van der Waals surface area contributed by atoms with E-state index in [1.807, 2.05) is 27.7 Å². The van der Waals surface area contributed by atoms with Crippen molar-refractivity contribution in [3.8, 4) is 45.6 Å². The fraction of sp³-hybridized carbons (Fsp3) is 0.261. The van der Waals surface area contributed by atoms with Crippen LogP contribution < -0.4 is 29.6 Å². The lowest BCUT2D eigenvalue weighted by Crippen LogP contribution is -2.20. The Hall–Kier alpha value is -6.82. The van der Waals surface area contributed by atoms with Gasteiger partial charge in [-0.1, -0.05) is 39.8 Å². The third-order valence-corrected chi connectivity index (χ3v) is 10.5. The van der Waals surface area contributed by atoms with Crippen molar-refractivity contribution in [1.82, 2.24) is 0 Å². The lowest BCUT2D eigenvalue weighted by molar-refractivity contribution is -0.113. The van der Waals surface area contributed by atoms with Gasteiger partial charge in [-0.25, -0.2) is 0 Å². The first-order valence-electron chi connectivity index (χ1n) is 18.7. The molecule has 302 valence electrons. The SMILES string of the molecule is COc1ccc(OC)c(NC=C2C(=O)C(O)=C(C(C)C)c3cc(C)c(-c4c(C)cc5c(c4O)C(=CNc4cc(OC)ccc4OC)C(=O)C(O)=C5C(C)C)c(O)c32)c1. The molecule has 0 amide bonds. The number of carbonyl (C=O) groups excluding carboxylic acids is 2. The molecule has 0 unspecified atom stereocenters. The molecular weight excluding hydrogens is 741 g/mol. The van der Waals surface area contributed by atoms with E-state index in [2.05, 4.69) is 10.6 Å². The third kappa shape index (κ3) is 6.84. The molecule has 0 bridgehead atoms. The number of anilines is 2. The Morgan fingerprint density at radius 1 is 0.534 bits per heavy atom. The minimum Gasteiger partial charge on any atom is -0.507 e. The van der Waals surface area contributed by atoms with Crippen molar-refractivity contribution in [3.63, 3.8) is 0 Å². The molecule has 6 rings (SSSR count). The molecule has 0 saturated carbocycles. The van der Waals surface area contributed by atoms with Crippen molar-refractivity contribution < 1.29 is 49.0 Å². The first-order chi connectivity index (χ1) is 27.6. The van der Waals surface area contributed by atoms with E-state index in [1.165, 1.54) is 40.8 Å². The smallest absolute Gasteiger partial charge is 0.229 e. The number of allylic oxidation sites excluding steroid dienone is 4. The topological polar surface area (TPSA) is 176 Å². The molecule has 0 aromatic heterocycles. The van der Waals surface area contributed by atoms with Crippen LogP contribution in [-0.4, -0.2) is 60.4 Å². The molecule has 0 saturated heterocycles. The first kappa shape index (κ1) is 40.8. The van der Waals surface area contributed by atoms with Gasteiger partial charge in [-0.2, -0.15) is 0 Å². The summed E-state index contributed by atoms with van der Waals surface area (Å²) < 4.78 is 21.8. The Balaban J connectivity index is 1.62. The average Bonchev–Trinajstić information content (AvgIpc) is 3.19. The Morgan fingerprint density at radius 3 is 1.21 bits per heavy atom. The minimum atomic E-state index is -0.723. The Kier molecular flexibility index (Phi) is 11.2. The van der Waals surface area contributed by atoms with Crippen LogP contribution in [0.15, 0.2) is 72.4 Å². The highest BCUT2D eigenvalue weighted by Gasteiger charge is 2.38. The van der Waals surface area contributed by atoms with Gasteiger partial charge in [-0.05, 0) is 72.2 Å². The number of ether oxygens (including phenoxy) is 4. The zero-order chi connectivity index (χ0) is 42.3. The first-order valence-corrected chi connectivity index (χ1v) is 18.7. The number of nitrogens with one attached hydrogen (secondary N) is 2. The predicted molar refractivity (Wildman–Crippen MR) is 226 cm³/mol. The van der Waals surface area contributed by atoms with E-state index in [-0.39, 0.29) is 56.7 Å². The molecular formula is C46H48N2O10. The van der Waals surface area contributed by atoms with Gasteiger partial charge in [0.1, 0.15) is 34.5 Å². The second-order valence-electron chi connectivity index (χ2n) is 14.7. The van der Waals surface area contributed by atoms with Crippen LogP contribution in [0.2, 0.25) is 0 Å². The second-order valence-corrected chi connectivity index (χ2v) is 14.7. The summed E-state index contributed by atoms with van der Waals surface area (Å²) in [5, 5.41) is 53.9. The largest absolute Gasteiger partial charge is 0.507 e. The van der Waals surface area contributed by atoms with Gasteiger partial charge in [0, 0.05) is 57.9 Å². The van der Waals surface area contributed by atoms with E-state index in [0.717, 1.165) is 0 Å². The van der Waals surface area contributed by atoms with Gasteiger partial charge in [0.15, 0.2) is 11.5 Å². The summed E-state index contributed by atoms with van der Waals surface area (Å²) in [7, 11) is 6.04. The van der Waals surface area contributed by atoms with E-state index in [1.54, 1.807) is 62.4 Å². The van der Waals surface area contributed by atoms with Crippen LogP contribution in [0.1, 0.15) is 61.1 Å².